The first-order valence-corrected chi connectivity index (χ1v) is 4.55. The molecule has 1 atom stereocenters. The molecule has 0 aliphatic rings. The van der Waals surface area contributed by atoms with E-state index >= 15 is 0 Å². The van der Waals surface area contributed by atoms with Crippen molar-refractivity contribution in [1.82, 2.24) is 14.8 Å². The number of alkyl halides is 2. The smallest absolute Gasteiger partial charge is 0.253 e. The number of hydrogen-bond donors (Lipinski definition) is 1. The minimum atomic E-state index is -2.51. The average molecular weight is 204 g/mol. The quantitative estimate of drug-likeness (QED) is 0.772. The molecule has 80 valence electrons. The first-order valence-electron chi connectivity index (χ1n) is 4.55. The third-order valence-corrected chi connectivity index (χ3v) is 1.87. The lowest BCUT2D eigenvalue weighted by Gasteiger charge is -2.10. The Bertz CT molecular complexity index is 274. The van der Waals surface area contributed by atoms with Crippen molar-refractivity contribution in [3.8, 4) is 0 Å². The minimum absolute atomic E-state index is 0.0671. The summed E-state index contributed by atoms with van der Waals surface area (Å²) >= 11 is 0. The third kappa shape index (κ3) is 2.73. The highest BCUT2D eigenvalue weighted by Crippen LogP contribution is 2.05. The first-order chi connectivity index (χ1) is 6.65. The molecule has 0 saturated heterocycles. The molecule has 0 fully saturated rings. The fraction of sp³-hybridized carbons (Fsp3) is 0.750. The van der Waals surface area contributed by atoms with E-state index in [1.807, 2.05) is 6.92 Å². The predicted molar refractivity (Wildman–Crippen MR) is 48.0 cm³/mol. The molecule has 0 amide bonds. The van der Waals surface area contributed by atoms with Crippen LogP contribution in [-0.2, 0) is 13.0 Å². The zero-order valence-corrected chi connectivity index (χ0v) is 8.03. The lowest BCUT2D eigenvalue weighted by molar-refractivity contribution is 0.114. The van der Waals surface area contributed by atoms with Gasteiger partial charge in [0.25, 0.3) is 6.43 Å². The van der Waals surface area contributed by atoms with Gasteiger partial charge in [0.1, 0.15) is 12.2 Å². The molecule has 0 spiro atoms. The van der Waals surface area contributed by atoms with Crippen LogP contribution in [0.1, 0.15) is 19.2 Å². The summed E-state index contributed by atoms with van der Waals surface area (Å²) in [5.74, 6) is 0.527. The van der Waals surface area contributed by atoms with Crippen LogP contribution in [0.2, 0.25) is 0 Å². The molecule has 1 rings (SSSR count). The van der Waals surface area contributed by atoms with Crippen LogP contribution in [0.4, 0.5) is 8.78 Å². The molecule has 1 aromatic rings. The fourth-order valence-corrected chi connectivity index (χ4v) is 1.14. The van der Waals surface area contributed by atoms with Crippen molar-refractivity contribution in [3.05, 3.63) is 12.2 Å². The zero-order valence-electron chi connectivity index (χ0n) is 8.03. The number of hydrogen-bond acceptors (Lipinski definition) is 3. The maximum atomic E-state index is 12.2. The number of aryl methyl sites for hydroxylation is 1. The van der Waals surface area contributed by atoms with Gasteiger partial charge in [-0.2, -0.15) is 5.10 Å². The lowest BCUT2D eigenvalue weighted by atomic mass is 10.2. The average Bonchev–Trinajstić information content (AvgIpc) is 2.53. The number of nitrogens with zero attached hydrogens (tertiary/aromatic N) is 3. The summed E-state index contributed by atoms with van der Waals surface area (Å²) < 4.78 is 25.9. The monoisotopic (exact) mass is 204 g/mol. The summed E-state index contributed by atoms with van der Waals surface area (Å²) in [6.45, 7) is 2.67. The fourth-order valence-electron chi connectivity index (χ4n) is 1.14. The third-order valence-electron chi connectivity index (χ3n) is 1.87. The molecule has 14 heavy (non-hydrogen) atoms. The highest BCUT2D eigenvalue weighted by molar-refractivity contribution is 4.89. The standard InChI is InChI=1S/C8H14F2N4/c1-2-3-14-7(12-5-13-14)4-6(11)8(9)10/h5-6,8H,2-4,11H2,1H3. The molecular formula is C8H14F2N4. The topological polar surface area (TPSA) is 56.7 Å². The largest absolute Gasteiger partial charge is 0.323 e. The highest BCUT2D eigenvalue weighted by atomic mass is 19.3. The van der Waals surface area contributed by atoms with Crippen LogP contribution in [0, 0.1) is 0 Å². The molecule has 0 aromatic carbocycles. The van der Waals surface area contributed by atoms with Crippen molar-refractivity contribution in [1.29, 1.82) is 0 Å². The van der Waals surface area contributed by atoms with Gasteiger partial charge in [0.2, 0.25) is 0 Å². The minimum Gasteiger partial charge on any atom is -0.323 e. The van der Waals surface area contributed by atoms with Crippen LogP contribution in [0.5, 0.6) is 0 Å². The summed E-state index contributed by atoms with van der Waals surface area (Å²) in [6, 6.07) is -1.16. The SMILES string of the molecule is CCCn1ncnc1CC(N)C(F)F. The number of nitrogens with two attached hydrogens (primary N) is 1. The number of rotatable bonds is 5. The Balaban J connectivity index is 2.61. The van der Waals surface area contributed by atoms with E-state index in [9.17, 15) is 8.78 Å². The van der Waals surface area contributed by atoms with E-state index in [4.69, 9.17) is 5.73 Å². The van der Waals surface area contributed by atoms with E-state index in [2.05, 4.69) is 10.1 Å². The van der Waals surface area contributed by atoms with Gasteiger partial charge in [0.15, 0.2) is 0 Å². The second kappa shape index (κ2) is 4.99. The van der Waals surface area contributed by atoms with Gasteiger partial charge < -0.3 is 5.73 Å². The Morgan fingerprint density at radius 3 is 2.86 bits per heavy atom. The lowest BCUT2D eigenvalue weighted by Crippen LogP contribution is -2.32. The van der Waals surface area contributed by atoms with Gasteiger partial charge >= 0.3 is 0 Å². The maximum absolute atomic E-state index is 12.2. The van der Waals surface area contributed by atoms with E-state index in [-0.39, 0.29) is 6.42 Å². The molecule has 1 heterocycles. The normalized spacial score (nSPS) is 13.5. The predicted octanol–water partition coefficient (Wildman–Crippen LogP) is 0.823. The van der Waals surface area contributed by atoms with Crippen LogP contribution in [0.25, 0.3) is 0 Å². The Labute approximate surface area is 81.1 Å². The van der Waals surface area contributed by atoms with E-state index in [1.165, 1.54) is 6.33 Å². The van der Waals surface area contributed by atoms with Gasteiger partial charge in [-0.3, -0.25) is 4.68 Å². The Morgan fingerprint density at radius 1 is 1.57 bits per heavy atom. The molecule has 1 aromatic heterocycles. The molecule has 6 heteroatoms. The molecule has 1 unspecified atom stereocenters. The van der Waals surface area contributed by atoms with E-state index in [1.54, 1.807) is 4.68 Å². The molecule has 0 radical (unpaired) electrons. The van der Waals surface area contributed by atoms with Crippen LogP contribution < -0.4 is 5.73 Å². The molecule has 4 nitrogen and oxygen atoms in total. The van der Waals surface area contributed by atoms with E-state index < -0.39 is 12.5 Å². The van der Waals surface area contributed by atoms with Crippen molar-refractivity contribution in [2.75, 3.05) is 0 Å². The van der Waals surface area contributed by atoms with Crippen molar-refractivity contribution in [2.45, 2.75) is 38.8 Å². The van der Waals surface area contributed by atoms with Crippen LogP contribution in [0.3, 0.4) is 0 Å². The number of aromatic nitrogens is 3. The molecule has 0 aliphatic carbocycles. The molecule has 2 N–H and O–H groups in total. The summed E-state index contributed by atoms with van der Waals surface area (Å²) in [4.78, 5) is 3.90. The Hall–Kier alpha value is -1.04. The number of halogens is 2. The molecular weight excluding hydrogens is 190 g/mol. The van der Waals surface area contributed by atoms with Gasteiger partial charge in [-0.1, -0.05) is 6.92 Å². The summed E-state index contributed by atoms with van der Waals surface area (Å²) in [6.07, 6.45) is -0.192. The van der Waals surface area contributed by atoms with Crippen molar-refractivity contribution < 1.29 is 8.78 Å². The van der Waals surface area contributed by atoms with E-state index in [0.717, 1.165) is 6.42 Å². The zero-order chi connectivity index (χ0) is 10.6. The van der Waals surface area contributed by atoms with Crippen LogP contribution in [-0.4, -0.2) is 27.2 Å². The van der Waals surface area contributed by atoms with Gasteiger partial charge in [0.05, 0.1) is 6.04 Å². The van der Waals surface area contributed by atoms with Crippen molar-refractivity contribution in [2.24, 2.45) is 5.73 Å². The second-order valence-electron chi connectivity index (χ2n) is 3.10. The summed E-state index contributed by atoms with van der Waals surface area (Å²) in [5, 5.41) is 3.92. The van der Waals surface area contributed by atoms with Gasteiger partial charge in [-0.15, -0.1) is 0 Å². The van der Waals surface area contributed by atoms with Crippen LogP contribution in [0.15, 0.2) is 6.33 Å². The molecule has 0 bridgehead atoms. The first kappa shape index (κ1) is 11.0. The van der Waals surface area contributed by atoms with Crippen molar-refractivity contribution in [3.63, 3.8) is 0 Å². The Morgan fingerprint density at radius 2 is 2.29 bits per heavy atom. The van der Waals surface area contributed by atoms with Gasteiger partial charge in [-0.25, -0.2) is 13.8 Å². The van der Waals surface area contributed by atoms with Crippen LogP contribution >= 0.6 is 0 Å². The summed E-state index contributed by atoms with van der Waals surface area (Å²) in [5.41, 5.74) is 5.24. The Kier molecular flexibility index (Phi) is 3.94. The maximum Gasteiger partial charge on any atom is 0.253 e. The highest BCUT2D eigenvalue weighted by Gasteiger charge is 2.18. The van der Waals surface area contributed by atoms with Crippen molar-refractivity contribution >= 4 is 0 Å². The van der Waals surface area contributed by atoms with Gasteiger partial charge in [-0.05, 0) is 6.42 Å². The molecule has 0 aliphatic heterocycles. The van der Waals surface area contributed by atoms with Gasteiger partial charge in [0, 0.05) is 13.0 Å². The van der Waals surface area contributed by atoms with E-state index in [0.29, 0.717) is 12.4 Å². The molecule has 0 saturated carbocycles. The summed E-state index contributed by atoms with van der Waals surface area (Å²) in [7, 11) is 0. The second-order valence-corrected chi connectivity index (χ2v) is 3.10.